The molecule has 0 unspecified atom stereocenters. The summed E-state index contributed by atoms with van der Waals surface area (Å²) >= 11 is 0. The zero-order valence-corrected chi connectivity index (χ0v) is 8.84. The SMILES string of the molecule is COc1cccc(-c2cnc(NN)cn2)c1. The van der Waals surface area contributed by atoms with Crippen molar-refractivity contribution >= 4 is 5.82 Å². The molecule has 1 aromatic carbocycles. The highest BCUT2D eigenvalue weighted by Gasteiger charge is 2.01. The third-order valence-corrected chi connectivity index (χ3v) is 2.17. The number of ether oxygens (including phenoxy) is 1. The van der Waals surface area contributed by atoms with E-state index in [1.807, 2.05) is 24.3 Å². The summed E-state index contributed by atoms with van der Waals surface area (Å²) in [5, 5.41) is 0. The number of methoxy groups -OCH3 is 1. The Bertz CT molecular complexity index is 470. The van der Waals surface area contributed by atoms with E-state index < -0.39 is 0 Å². The van der Waals surface area contributed by atoms with Crippen molar-refractivity contribution in [1.29, 1.82) is 0 Å². The lowest BCUT2D eigenvalue weighted by Crippen LogP contribution is -2.08. The molecule has 0 fully saturated rings. The summed E-state index contributed by atoms with van der Waals surface area (Å²) in [5.74, 6) is 6.54. The van der Waals surface area contributed by atoms with Gasteiger partial charge in [-0.05, 0) is 12.1 Å². The van der Waals surface area contributed by atoms with Crippen LogP contribution in [0.3, 0.4) is 0 Å². The molecule has 1 aromatic heterocycles. The number of aromatic nitrogens is 2. The number of anilines is 1. The van der Waals surface area contributed by atoms with Crippen LogP contribution in [0, 0.1) is 0 Å². The van der Waals surface area contributed by atoms with E-state index in [1.54, 1.807) is 19.5 Å². The molecule has 0 atom stereocenters. The van der Waals surface area contributed by atoms with Gasteiger partial charge in [-0.3, -0.25) is 4.98 Å². The molecule has 1 heterocycles. The molecule has 0 radical (unpaired) electrons. The lowest BCUT2D eigenvalue weighted by molar-refractivity contribution is 0.415. The molecule has 0 aliphatic carbocycles. The van der Waals surface area contributed by atoms with Crippen LogP contribution < -0.4 is 16.0 Å². The summed E-state index contributed by atoms with van der Waals surface area (Å²) in [6, 6.07) is 7.64. The number of rotatable bonds is 3. The minimum atomic E-state index is 0.534. The van der Waals surface area contributed by atoms with Crippen molar-refractivity contribution in [3.05, 3.63) is 36.7 Å². The summed E-state index contributed by atoms with van der Waals surface area (Å²) < 4.78 is 5.14. The summed E-state index contributed by atoms with van der Waals surface area (Å²) in [5.41, 5.74) is 4.16. The van der Waals surface area contributed by atoms with Gasteiger partial charge in [0, 0.05) is 5.56 Å². The maximum atomic E-state index is 5.21. The number of nitrogens with zero attached hydrogens (tertiary/aromatic N) is 2. The quantitative estimate of drug-likeness (QED) is 0.600. The molecule has 5 nitrogen and oxygen atoms in total. The second kappa shape index (κ2) is 4.59. The smallest absolute Gasteiger partial charge is 0.158 e. The van der Waals surface area contributed by atoms with Gasteiger partial charge in [-0.15, -0.1) is 0 Å². The topological polar surface area (TPSA) is 73.1 Å². The molecular weight excluding hydrogens is 204 g/mol. The largest absolute Gasteiger partial charge is 0.497 e. The highest BCUT2D eigenvalue weighted by atomic mass is 16.5. The molecular formula is C11H12N4O. The Balaban J connectivity index is 2.34. The van der Waals surface area contributed by atoms with Gasteiger partial charge in [0.1, 0.15) is 5.75 Å². The first-order valence-electron chi connectivity index (χ1n) is 4.76. The van der Waals surface area contributed by atoms with E-state index in [9.17, 15) is 0 Å². The molecule has 0 spiro atoms. The number of nitrogens with one attached hydrogen (secondary N) is 1. The van der Waals surface area contributed by atoms with Crippen LogP contribution in [-0.2, 0) is 0 Å². The van der Waals surface area contributed by atoms with Gasteiger partial charge in [0.05, 0.1) is 25.2 Å². The van der Waals surface area contributed by atoms with Crippen LogP contribution in [0.25, 0.3) is 11.3 Å². The van der Waals surface area contributed by atoms with E-state index >= 15 is 0 Å². The first kappa shape index (κ1) is 10.4. The first-order chi connectivity index (χ1) is 7.83. The molecule has 2 aromatic rings. The minimum Gasteiger partial charge on any atom is -0.497 e. The van der Waals surface area contributed by atoms with Gasteiger partial charge in [-0.2, -0.15) is 0 Å². The van der Waals surface area contributed by atoms with Crippen molar-refractivity contribution in [2.75, 3.05) is 12.5 Å². The van der Waals surface area contributed by atoms with Crippen LogP contribution in [0.5, 0.6) is 5.75 Å². The normalized spacial score (nSPS) is 9.88. The molecule has 2 rings (SSSR count). The van der Waals surface area contributed by atoms with Crippen LogP contribution in [0.4, 0.5) is 5.82 Å². The van der Waals surface area contributed by atoms with Gasteiger partial charge in [0.25, 0.3) is 0 Å². The van der Waals surface area contributed by atoms with Crippen LogP contribution in [0.1, 0.15) is 0 Å². The van der Waals surface area contributed by atoms with E-state index in [0.717, 1.165) is 17.0 Å². The van der Waals surface area contributed by atoms with Gasteiger partial charge in [-0.25, -0.2) is 10.8 Å². The molecule has 82 valence electrons. The molecule has 0 bridgehead atoms. The molecule has 5 heteroatoms. The third kappa shape index (κ3) is 2.09. The van der Waals surface area contributed by atoms with Gasteiger partial charge < -0.3 is 10.2 Å². The summed E-state index contributed by atoms with van der Waals surface area (Å²) in [7, 11) is 1.63. The Hall–Kier alpha value is -2.14. The Labute approximate surface area is 93.3 Å². The van der Waals surface area contributed by atoms with Gasteiger partial charge in [0.15, 0.2) is 5.82 Å². The second-order valence-electron chi connectivity index (χ2n) is 3.16. The van der Waals surface area contributed by atoms with Crippen molar-refractivity contribution in [1.82, 2.24) is 9.97 Å². The Kier molecular flexibility index (Phi) is 2.98. The van der Waals surface area contributed by atoms with Crippen molar-refractivity contribution in [3.63, 3.8) is 0 Å². The first-order valence-corrected chi connectivity index (χ1v) is 4.76. The number of nitrogen functional groups attached to an aromatic ring is 1. The number of hydrogen-bond acceptors (Lipinski definition) is 5. The molecule has 3 N–H and O–H groups in total. The van der Waals surface area contributed by atoms with E-state index in [1.165, 1.54) is 0 Å². The fourth-order valence-corrected chi connectivity index (χ4v) is 1.33. The lowest BCUT2D eigenvalue weighted by atomic mass is 10.1. The molecule has 0 amide bonds. The minimum absolute atomic E-state index is 0.534. The number of benzene rings is 1. The Morgan fingerprint density at radius 2 is 2.12 bits per heavy atom. The molecule has 16 heavy (non-hydrogen) atoms. The van der Waals surface area contributed by atoms with Crippen LogP contribution in [-0.4, -0.2) is 17.1 Å². The van der Waals surface area contributed by atoms with Gasteiger partial charge in [-0.1, -0.05) is 12.1 Å². The third-order valence-electron chi connectivity index (χ3n) is 2.17. The van der Waals surface area contributed by atoms with Crippen LogP contribution >= 0.6 is 0 Å². The van der Waals surface area contributed by atoms with Crippen molar-refractivity contribution in [2.24, 2.45) is 5.84 Å². The standard InChI is InChI=1S/C11H12N4O/c1-16-9-4-2-3-8(5-9)10-6-14-11(15-12)7-13-10/h2-7H,12H2,1H3,(H,14,15). The Morgan fingerprint density at radius 1 is 1.25 bits per heavy atom. The predicted molar refractivity (Wildman–Crippen MR) is 61.8 cm³/mol. The number of hydrazine groups is 1. The molecule has 0 aliphatic heterocycles. The summed E-state index contributed by atoms with van der Waals surface area (Å²) in [4.78, 5) is 8.32. The maximum absolute atomic E-state index is 5.21. The van der Waals surface area contributed by atoms with Crippen molar-refractivity contribution in [2.45, 2.75) is 0 Å². The maximum Gasteiger partial charge on any atom is 0.158 e. The Morgan fingerprint density at radius 3 is 2.75 bits per heavy atom. The summed E-state index contributed by atoms with van der Waals surface area (Å²) in [6.07, 6.45) is 3.23. The second-order valence-corrected chi connectivity index (χ2v) is 3.16. The fourth-order valence-electron chi connectivity index (χ4n) is 1.33. The van der Waals surface area contributed by atoms with Crippen LogP contribution in [0.2, 0.25) is 0 Å². The molecule has 0 saturated heterocycles. The monoisotopic (exact) mass is 216 g/mol. The van der Waals surface area contributed by atoms with E-state index in [-0.39, 0.29) is 0 Å². The van der Waals surface area contributed by atoms with Crippen LogP contribution in [0.15, 0.2) is 36.7 Å². The van der Waals surface area contributed by atoms with E-state index in [2.05, 4.69) is 15.4 Å². The average Bonchev–Trinajstić information content (AvgIpc) is 2.39. The number of nitrogens with two attached hydrogens (primary N) is 1. The number of hydrogen-bond donors (Lipinski definition) is 2. The lowest BCUT2D eigenvalue weighted by Gasteiger charge is -2.04. The van der Waals surface area contributed by atoms with Gasteiger partial charge in [0.2, 0.25) is 0 Å². The molecule has 0 saturated carbocycles. The van der Waals surface area contributed by atoms with Crippen molar-refractivity contribution < 1.29 is 4.74 Å². The highest BCUT2D eigenvalue weighted by molar-refractivity contribution is 5.60. The highest BCUT2D eigenvalue weighted by Crippen LogP contribution is 2.21. The van der Waals surface area contributed by atoms with E-state index in [0.29, 0.717) is 5.82 Å². The van der Waals surface area contributed by atoms with E-state index in [4.69, 9.17) is 10.6 Å². The van der Waals surface area contributed by atoms with Gasteiger partial charge >= 0.3 is 0 Å². The summed E-state index contributed by atoms with van der Waals surface area (Å²) in [6.45, 7) is 0. The average molecular weight is 216 g/mol. The zero-order valence-electron chi connectivity index (χ0n) is 8.84. The predicted octanol–water partition coefficient (Wildman–Crippen LogP) is 1.44. The molecule has 0 aliphatic rings. The van der Waals surface area contributed by atoms with Crippen molar-refractivity contribution in [3.8, 4) is 17.0 Å². The fraction of sp³-hybridized carbons (Fsp3) is 0.0909. The zero-order chi connectivity index (χ0) is 11.4.